The van der Waals surface area contributed by atoms with E-state index < -0.39 is 0 Å². The first-order chi connectivity index (χ1) is 9.31. The number of nitrogens with zero attached hydrogens (tertiary/aromatic N) is 2. The summed E-state index contributed by atoms with van der Waals surface area (Å²) in [5.41, 5.74) is 1.29. The molecule has 20 heavy (non-hydrogen) atoms. The second kappa shape index (κ2) is 7.06. The zero-order chi connectivity index (χ0) is 15.2. The van der Waals surface area contributed by atoms with Crippen LogP contribution in [0.2, 0.25) is 0 Å². The summed E-state index contributed by atoms with van der Waals surface area (Å²) < 4.78 is 0. The summed E-state index contributed by atoms with van der Waals surface area (Å²) in [6, 6.07) is 9.10. The van der Waals surface area contributed by atoms with Crippen LogP contribution >= 0.6 is 0 Å². The van der Waals surface area contributed by atoms with Gasteiger partial charge in [0.2, 0.25) is 5.91 Å². The number of carbonyl (C=O) groups is 1. The molecule has 0 aliphatic rings. The highest BCUT2D eigenvalue weighted by molar-refractivity contribution is 5.92. The maximum absolute atomic E-state index is 11.9. The Bertz CT molecular complexity index is 497. The van der Waals surface area contributed by atoms with Crippen LogP contribution in [-0.2, 0) is 4.79 Å². The van der Waals surface area contributed by atoms with Crippen LogP contribution in [0.4, 0.5) is 5.69 Å². The van der Waals surface area contributed by atoms with Crippen LogP contribution in [0.25, 0.3) is 0 Å². The molecule has 0 aromatic heterocycles. The summed E-state index contributed by atoms with van der Waals surface area (Å²) >= 11 is 0. The minimum Gasteiger partial charge on any atom is -0.325 e. The third-order valence-electron chi connectivity index (χ3n) is 2.79. The average molecular weight is 273 g/mol. The number of anilines is 1. The van der Waals surface area contributed by atoms with Crippen molar-refractivity contribution in [3.05, 3.63) is 29.8 Å². The fraction of sp³-hybridized carbons (Fsp3) is 0.500. The van der Waals surface area contributed by atoms with Crippen molar-refractivity contribution in [2.24, 2.45) is 5.41 Å². The Morgan fingerprint density at radius 2 is 2.00 bits per heavy atom. The molecule has 0 fully saturated rings. The van der Waals surface area contributed by atoms with Crippen LogP contribution < -0.4 is 5.32 Å². The van der Waals surface area contributed by atoms with Crippen molar-refractivity contribution in [1.29, 1.82) is 5.26 Å². The summed E-state index contributed by atoms with van der Waals surface area (Å²) in [6.07, 6.45) is 0.423. The highest BCUT2D eigenvalue weighted by atomic mass is 16.1. The molecule has 0 atom stereocenters. The van der Waals surface area contributed by atoms with Gasteiger partial charge in [0.05, 0.1) is 11.3 Å². The fourth-order valence-electron chi connectivity index (χ4n) is 2.08. The topological polar surface area (TPSA) is 56.1 Å². The molecule has 1 aromatic rings. The molecular weight excluding hydrogens is 250 g/mol. The highest BCUT2D eigenvalue weighted by Crippen LogP contribution is 2.15. The van der Waals surface area contributed by atoms with Crippen LogP contribution in [0.15, 0.2) is 24.3 Å². The Kier molecular flexibility index (Phi) is 5.72. The molecule has 0 spiro atoms. The van der Waals surface area contributed by atoms with E-state index in [1.165, 1.54) is 0 Å². The van der Waals surface area contributed by atoms with Gasteiger partial charge in [-0.1, -0.05) is 32.9 Å². The Hall–Kier alpha value is -1.86. The first-order valence-electron chi connectivity index (χ1n) is 6.79. The second-order valence-electron chi connectivity index (χ2n) is 6.25. The number of carbonyl (C=O) groups excluding carboxylic acids is 1. The molecule has 108 valence electrons. The molecule has 0 heterocycles. The van der Waals surface area contributed by atoms with Crippen molar-refractivity contribution >= 4 is 11.6 Å². The van der Waals surface area contributed by atoms with Crippen molar-refractivity contribution in [1.82, 2.24) is 4.90 Å². The van der Waals surface area contributed by atoms with E-state index in [9.17, 15) is 4.79 Å². The van der Waals surface area contributed by atoms with Crippen molar-refractivity contribution in [2.45, 2.75) is 27.2 Å². The van der Waals surface area contributed by atoms with E-state index in [-0.39, 0.29) is 11.3 Å². The smallest absolute Gasteiger partial charge is 0.225 e. The van der Waals surface area contributed by atoms with Gasteiger partial charge in [0.15, 0.2) is 0 Å². The first kappa shape index (κ1) is 16.2. The van der Waals surface area contributed by atoms with Crippen LogP contribution in [-0.4, -0.2) is 30.9 Å². The molecule has 0 bridgehead atoms. The third-order valence-corrected chi connectivity index (χ3v) is 2.79. The lowest BCUT2D eigenvalue weighted by Crippen LogP contribution is -2.31. The van der Waals surface area contributed by atoms with E-state index in [0.29, 0.717) is 24.2 Å². The summed E-state index contributed by atoms with van der Waals surface area (Å²) in [4.78, 5) is 14.1. The van der Waals surface area contributed by atoms with E-state index in [2.05, 4.69) is 37.1 Å². The van der Waals surface area contributed by atoms with Crippen LogP contribution in [0, 0.1) is 16.7 Å². The summed E-state index contributed by atoms with van der Waals surface area (Å²) in [5.74, 6) is -0.0616. The molecule has 1 rings (SSSR count). The quantitative estimate of drug-likeness (QED) is 0.897. The molecule has 1 aromatic carbocycles. The zero-order valence-electron chi connectivity index (χ0n) is 12.7. The average Bonchev–Trinajstić information content (AvgIpc) is 2.35. The number of amides is 1. The Labute approximate surface area is 121 Å². The van der Waals surface area contributed by atoms with E-state index in [1.54, 1.807) is 18.2 Å². The normalized spacial score (nSPS) is 11.2. The molecule has 0 saturated heterocycles. The van der Waals surface area contributed by atoms with E-state index in [0.717, 1.165) is 6.54 Å². The van der Waals surface area contributed by atoms with Crippen LogP contribution in [0.1, 0.15) is 32.8 Å². The number of rotatable bonds is 5. The number of nitrogens with one attached hydrogen (secondary N) is 1. The number of benzene rings is 1. The second-order valence-corrected chi connectivity index (χ2v) is 6.25. The standard InChI is InChI=1S/C16H23N3O/c1-16(2,3)12-19(4)10-9-15(20)18-14-8-6-5-7-13(14)11-17/h5-8H,9-10,12H2,1-4H3,(H,18,20). The van der Waals surface area contributed by atoms with Gasteiger partial charge in [-0.05, 0) is 24.6 Å². The van der Waals surface area contributed by atoms with Crippen molar-refractivity contribution < 1.29 is 4.79 Å². The van der Waals surface area contributed by atoms with Gasteiger partial charge in [0.25, 0.3) is 0 Å². The van der Waals surface area contributed by atoms with Gasteiger partial charge in [-0.25, -0.2) is 0 Å². The zero-order valence-corrected chi connectivity index (χ0v) is 12.7. The lowest BCUT2D eigenvalue weighted by Gasteiger charge is -2.26. The molecule has 1 amide bonds. The predicted molar refractivity (Wildman–Crippen MR) is 81.4 cm³/mol. The SMILES string of the molecule is CN(CCC(=O)Nc1ccccc1C#N)CC(C)(C)C. The van der Waals surface area contributed by atoms with Crippen LogP contribution in [0.3, 0.4) is 0 Å². The van der Waals surface area contributed by atoms with E-state index in [4.69, 9.17) is 5.26 Å². The summed E-state index contributed by atoms with van der Waals surface area (Å²) in [6.45, 7) is 8.17. The molecule has 0 aliphatic heterocycles. The van der Waals surface area contributed by atoms with Gasteiger partial charge in [-0.2, -0.15) is 5.26 Å². The van der Waals surface area contributed by atoms with Gasteiger partial charge < -0.3 is 10.2 Å². The molecule has 0 radical (unpaired) electrons. The number of hydrogen-bond donors (Lipinski definition) is 1. The Balaban J connectivity index is 2.47. The van der Waals surface area contributed by atoms with Gasteiger partial charge in [-0.15, -0.1) is 0 Å². The summed E-state index contributed by atoms with van der Waals surface area (Å²) in [7, 11) is 2.02. The fourth-order valence-corrected chi connectivity index (χ4v) is 2.08. The van der Waals surface area contributed by atoms with Gasteiger partial charge >= 0.3 is 0 Å². The van der Waals surface area contributed by atoms with Crippen LogP contribution in [0.5, 0.6) is 0 Å². The molecule has 1 N–H and O–H groups in total. The number of para-hydroxylation sites is 1. The molecule has 4 nitrogen and oxygen atoms in total. The van der Waals surface area contributed by atoms with Crippen molar-refractivity contribution in [3.63, 3.8) is 0 Å². The monoisotopic (exact) mass is 273 g/mol. The molecule has 0 aliphatic carbocycles. The largest absolute Gasteiger partial charge is 0.325 e. The Morgan fingerprint density at radius 1 is 1.35 bits per heavy atom. The van der Waals surface area contributed by atoms with E-state index in [1.807, 2.05) is 13.1 Å². The molecule has 4 heteroatoms. The van der Waals surface area contributed by atoms with Gasteiger partial charge in [-0.3, -0.25) is 4.79 Å². The maximum Gasteiger partial charge on any atom is 0.225 e. The minimum atomic E-state index is -0.0616. The van der Waals surface area contributed by atoms with Crippen molar-refractivity contribution in [2.75, 3.05) is 25.5 Å². The molecule has 0 unspecified atom stereocenters. The lowest BCUT2D eigenvalue weighted by atomic mass is 9.96. The van der Waals surface area contributed by atoms with E-state index >= 15 is 0 Å². The van der Waals surface area contributed by atoms with Crippen molar-refractivity contribution in [3.8, 4) is 6.07 Å². The Morgan fingerprint density at radius 3 is 2.60 bits per heavy atom. The summed E-state index contributed by atoms with van der Waals surface area (Å²) in [5, 5.41) is 11.8. The lowest BCUT2D eigenvalue weighted by molar-refractivity contribution is -0.116. The number of hydrogen-bond acceptors (Lipinski definition) is 3. The van der Waals surface area contributed by atoms with Gasteiger partial charge in [0.1, 0.15) is 6.07 Å². The third kappa shape index (κ3) is 5.85. The first-order valence-corrected chi connectivity index (χ1v) is 6.79. The predicted octanol–water partition coefficient (Wildman–Crippen LogP) is 2.86. The highest BCUT2D eigenvalue weighted by Gasteiger charge is 2.14. The minimum absolute atomic E-state index is 0.0616. The molecule has 0 saturated carbocycles. The maximum atomic E-state index is 11.9. The molecular formula is C16H23N3O. The number of nitriles is 1. The van der Waals surface area contributed by atoms with Gasteiger partial charge in [0, 0.05) is 19.5 Å².